The van der Waals surface area contributed by atoms with Gasteiger partial charge in [-0.2, -0.15) is 0 Å². The van der Waals surface area contributed by atoms with Crippen LogP contribution < -0.4 is 10.6 Å². The molecule has 5 heteroatoms. The van der Waals surface area contributed by atoms with Gasteiger partial charge in [-0.1, -0.05) is 30.4 Å². The average Bonchev–Trinajstić information content (AvgIpc) is 2.57. The van der Waals surface area contributed by atoms with Gasteiger partial charge in [-0.25, -0.2) is 4.99 Å². The molecule has 1 aromatic carbocycles. The zero-order chi connectivity index (χ0) is 9.54. The predicted molar refractivity (Wildman–Crippen MR) is 68.3 cm³/mol. The third kappa shape index (κ3) is 2.30. The fraction of sp³-hybridized carbons (Fsp3) is 0.0833. The molecule has 2 aliphatic rings. The number of nitrogens with zero attached hydrogens (tertiary/aromatic N) is 1. The number of halogens is 1. The minimum atomic E-state index is -0.512. The molecule has 0 aromatic heterocycles. The van der Waals surface area contributed by atoms with Crippen molar-refractivity contribution in [3.63, 3.8) is 0 Å². The van der Waals surface area contributed by atoms with Crippen molar-refractivity contribution < 1.29 is 16.1 Å². The Bertz CT molecular complexity index is 578. The lowest BCUT2D eigenvalue weighted by Crippen LogP contribution is -2.25. The number of rotatable bonds is 0. The topological polar surface area (TPSA) is 95.6 Å². The second-order valence-electron chi connectivity index (χ2n) is 3.42. The summed E-state index contributed by atoms with van der Waals surface area (Å²) in [5.74, 6) is 0. The van der Waals surface area contributed by atoms with Crippen LogP contribution in [0.1, 0.15) is 0 Å². The van der Waals surface area contributed by atoms with Crippen LogP contribution in [0.5, 0.6) is 0 Å². The average molecular weight is 256 g/mol. The van der Waals surface area contributed by atoms with Gasteiger partial charge in [-0.05, 0) is 12.1 Å². The summed E-state index contributed by atoms with van der Waals surface area (Å²) in [5.41, 5.74) is 1.82. The molecular formula is C12H14ClNO3. The minimum Gasteiger partial charge on any atom is -0.412 e. The van der Waals surface area contributed by atoms with Crippen LogP contribution in [0.3, 0.4) is 0 Å². The van der Waals surface area contributed by atoms with E-state index in [0.717, 1.165) is 21.8 Å². The first-order valence-corrected chi connectivity index (χ1v) is 4.61. The quantitative estimate of drug-likeness (QED) is 0.636. The summed E-state index contributed by atoms with van der Waals surface area (Å²) in [6.07, 6.45) is 5.04. The van der Waals surface area contributed by atoms with Crippen molar-refractivity contribution in [3.8, 4) is 0 Å². The second-order valence-corrected chi connectivity index (χ2v) is 3.42. The molecule has 17 heavy (non-hydrogen) atoms. The van der Waals surface area contributed by atoms with Crippen LogP contribution in [0.25, 0.3) is 5.57 Å². The van der Waals surface area contributed by atoms with Crippen molar-refractivity contribution in [3.05, 3.63) is 58.8 Å². The van der Waals surface area contributed by atoms with Crippen molar-refractivity contribution in [1.82, 2.24) is 0 Å². The molecule has 3 rings (SSSR count). The molecule has 92 valence electrons. The Kier molecular flexibility index (Phi) is 5.25. The maximum Gasteiger partial charge on any atom is 0.100 e. The Hall–Kier alpha value is -1.46. The molecule has 0 saturated carbocycles. The summed E-state index contributed by atoms with van der Waals surface area (Å²) in [6.45, 7) is 0. The van der Waals surface area contributed by atoms with Gasteiger partial charge in [0.05, 0.1) is 11.1 Å². The first-order valence-electron chi connectivity index (χ1n) is 4.61. The standard InChI is InChI=1S/C12H9NO.ClH.2H2O/c14-11-7-3-6-10-12(11)8-4-1-2-5-9(8)13-10;;;/h1-7,11,14H;1H;2*1H2. The molecule has 1 atom stereocenters. The third-order valence-corrected chi connectivity index (χ3v) is 2.55. The summed E-state index contributed by atoms with van der Waals surface area (Å²) < 4.78 is 0. The van der Waals surface area contributed by atoms with Crippen molar-refractivity contribution in [1.29, 1.82) is 0 Å². The van der Waals surface area contributed by atoms with Crippen molar-refractivity contribution in [2.45, 2.75) is 6.10 Å². The van der Waals surface area contributed by atoms with E-state index < -0.39 is 6.10 Å². The highest BCUT2D eigenvalue weighted by Gasteiger charge is 2.19. The largest absolute Gasteiger partial charge is 0.412 e. The lowest BCUT2D eigenvalue weighted by molar-refractivity contribution is 0.279. The summed E-state index contributed by atoms with van der Waals surface area (Å²) in [5, 5.41) is 11.8. The van der Waals surface area contributed by atoms with Gasteiger partial charge in [-0.15, -0.1) is 12.4 Å². The first kappa shape index (κ1) is 15.5. The highest BCUT2D eigenvalue weighted by atomic mass is 35.5. The van der Waals surface area contributed by atoms with Crippen molar-refractivity contribution >= 4 is 18.0 Å². The number of aliphatic hydroxyl groups excluding tert-OH is 1. The molecular weight excluding hydrogens is 242 g/mol. The molecule has 0 saturated heterocycles. The van der Waals surface area contributed by atoms with Gasteiger partial charge in [0.15, 0.2) is 0 Å². The maximum absolute atomic E-state index is 9.80. The summed E-state index contributed by atoms with van der Waals surface area (Å²) >= 11 is 0. The predicted octanol–water partition coefficient (Wildman–Crippen LogP) is -0.943. The molecule has 0 spiro atoms. The van der Waals surface area contributed by atoms with Crippen LogP contribution in [-0.2, 0) is 0 Å². The van der Waals surface area contributed by atoms with Gasteiger partial charge in [0.2, 0.25) is 0 Å². The fourth-order valence-corrected chi connectivity index (χ4v) is 1.91. The van der Waals surface area contributed by atoms with Gasteiger partial charge < -0.3 is 16.1 Å². The molecule has 1 aliphatic heterocycles. The molecule has 0 radical (unpaired) electrons. The lowest BCUT2D eigenvalue weighted by atomic mass is 10.0. The molecule has 0 bridgehead atoms. The van der Waals surface area contributed by atoms with E-state index in [1.54, 1.807) is 6.08 Å². The zero-order valence-corrected chi connectivity index (χ0v) is 9.74. The highest BCUT2D eigenvalue weighted by molar-refractivity contribution is 5.85. The van der Waals surface area contributed by atoms with E-state index in [1.807, 2.05) is 36.4 Å². The lowest BCUT2D eigenvalue weighted by Gasteiger charge is -2.11. The van der Waals surface area contributed by atoms with E-state index >= 15 is 0 Å². The Morgan fingerprint density at radius 3 is 2.59 bits per heavy atom. The molecule has 1 aliphatic carbocycles. The number of benzene rings is 1. The van der Waals surface area contributed by atoms with E-state index in [2.05, 4.69) is 4.99 Å². The van der Waals surface area contributed by atoms with E-state index in [9.17, 15) is 5.11 Å². The molecule has 1 heterocycles. The third-order valence-electron chi connectivity index (χ3n) is 2.55. The van der Waals surface area contributed by atoms with Crippen LogP contribution in [0, 0.1) is 0 Å². The highest BCUT2D eigenvalue weighted by Crippen LogP contribution is 2.22. The zero-order valence-electron chi connectivity index (χ0n) is 8.92. The van der Waals surface area contributed by atoms with Crippen LogP contribution in [0.4, 0.5) is 0 Å². The van der Waals surface area contributed by atoms with Crippen LogP contribution in [0.15, 0.2) is 53.2 Å². The smallest absolute Gasteiger partial charge is 0.100 e. The molecule has 0 amide bonds. The Balaban J connectivity index is 0.000000853. The SMILES string of the molecule is Cl.O.O.OC1C=CC=C2N=c3ccccc3=C21. The molecule has 5 N–H and O–H groups in total. The van der Waals surface area contributed by atoms with Gasteiger partial charge >= 0.3 is 0 Å². The van der Waals surface area contributed by atoms with E-state index in [0.29, 0.717) is 0 Å². The normalized spacial score (nSPS) is 18.5. The Morgan fingerprint density at radius 1 is 1.12 bits per heavy atom. The number of allylic oxidation sites excluding steroid dienone is 2. The van der Waals surface area contributed by atoms with Crippen LogP contribution in [0.2, 0.25) is 0 Å². The Morgan fingerprint density at radius 2 is 1.82 bits per heavy atom. The summed E-state index contributed by atoms with van der Waals surface area (Å²) in [6, 6.07) is 7.89. The number of para-hydroxylation sites is 1. The van der Waals surface area contributed by atoms with Gasteiger partial charge in [0.25, 0.3) is 0 Å². The molecule has 1 unspecified atom stereocenters. The van der Waals surface area contributed by atoms with Crippen LogP contribution >= 0.6 is 12.4 Å². The Labute approximate surface area is 104 Å². The van der Waals surface area contributed by atoms with Gasteiger partial charge in [0, 0.05) is 10.8 Å². The monoisotopic (exact) mass is 255 g/mol. The number of fused-ring (bicyclic) bond motifs is 2. The van der Waals surface area contributed by atoms with Crippen LogP contribution in [-0.4, -0.2) is 22.2 Å². The maximum atomic E-state index is 9.80. The van der Waals surface area contributed by atoms with Gasteiger partial charge in [0.1, 0.15) is 6.10 Å². The van der Waals surface area contributed by atoms with E-state index in [4.69, 9.17) is 0 Å². The number of aliphatic hydroxyl groups is 1. The summed E-state index contributed by atoms with van der Waals surface area (Å²) in [4.78, 5) is 4.44. The molecule has 0 fully saturated rings. The van der Waals surface area contributed by atoms with Gasteiger partial charge in [-0.3, -0.25) is 0 Å². The van der Waals surface area contributed by atoms with Crippen molar-refractivity contribution in [2.24, 2.45) is 4.99 Å². The second kappa shape index (κ2) is 5.75. The first-order chi connectivity index (χ1) is 6.86. The number of hydrogen-bond acceptors (Lipinski definition) is 2. The van der Waals surface area contributed by atoms with Crippen molar-refractivity contribution in [2.75, 3.05) is 0 Å². The van der Waals surface area contributed by atoms with E-state index in [-0.39, 0.29) is 23.4 Å². The molecule has 4 nitrogen and oxygen atoms in total. The fourth-order valence-electron chi connectivity index (χ4n) is 1.91. The molecule has 1 aromatic rings. The van der Waals surface area contributed by atoms with E-state index in [1.165, 1.54) is 0 Å². The summed E-state index contributed by atoms with van der Waals surface area (Å²) in [7, 11) is 0. The number of hydrogen-bond donors (Lipinski definition) is 1. The minimum absolute atomic E-state index is 0.